The van der Waals surface area contributed by atoms with Crippen LogP contribution in [0.2, 0.25) is 0 Å². The van der Waals surface area contributed by atoms with Crippen molar-refractivity contribution in [2.45, 2.75) is 37.6 Å². The summed E-state index contributed by atoms with van der Waals surface area (Å²) in [5, 5.41) is 33.3. The van der Waals surface area contributed by atoms with Crippen molar-refractivity contribution in [1.82, 2.24) is 0 Å². The van der Waals surface area contributed by atoms with Crippen LogP contribution < -0.4 is 0 Å². The van der Waals surface area contributed by atoms with Crippen molar-refractivity contribution in [3.63, 3.8) is 0 Å². The molecule has 1 rings (SSSR count). The Morgan fingerprint density at radius 3 is 2.58 bits per heavy atom. The Kier molecular flexibility index (Phi) is 5.37. The zero-order valence-corrected chi connectivity index (χ0v) is 9.99. The van der Waals surface area contributed by atoms with Crippen LogP contribution >= 0.6 is 0 Å². The number of nitrogens with zero attached hydrogens (tertiary/aromatic N) is 6. The highest BCUT2D eigenvalue weighted by molar-refractivity contribution is 5.69. The summed E-state index contributed by atoms with van der Waals surface area (Å²) in [6.07, 6.45) is -5.18. The van der Waals surface area contributed by atoms with Gasteiger partial charge in [0, 0.05) is 16.7 Å². The second-order valence-corrected chi connectivity index (χ2v) is 3.81. The molecule has 11 nitrogen and oxygen atoms in total. The van der Waals surface area contributed by atoms with E-state index in [1.165, 1.54) is 6.92 Å². The van der Waals surface area contributed by atoms with E-state index < -0.39 is 30.6 Å². The summed E-state index contributed by atoms with van der Waals surface area (Å²) < 4.78 is 10.1. The lowest BCUT2D eigenvalue weighted by atomic mass is 9.97. The van der Waals surface area contributed by atoms with Crippen LogP contribution in [0.5, 0.6) is 0 Å². The molecule has 1 heterocycles. The summed E-state index contributed by atoms with van der Waals surface area (Å²) in [4.78, 5) is 5.08. The quantitative estimate of drug-likeness (QED) is 0.220. The van der Waals surface area contributed by atoms with Gasteiger partial charge in [-0.05, 0) is 11.1 Å². The average Bonchev–Trinajstić information content (AvgIpc) is 2.36. The number of azide groups is 2. The van der Waals surface area contributed by atoms with E-state index >= 15 is 0 Å². The molecule has 0 aliphatic carbocycles. The molecule has 104 valence electrons. The Morgan fingerprint density at radius 1 is 1.37 bits per heavy atom. The smallest absolute Gasteiger partial charge is 0.230 e. The zero-order chi connectivity index (χ0) is 14.4. The SMILES string of the molecule is CC(=N)OC1OC(CN=[N+]=[N-])C(N=[N+]=[N-])C(O)C1O. The maximum absolute atomic E-state index is 9.84. The van der Waals surface area contributed by atoms with Crippen molar-refractivity contribution in [3.8, 4) is 0 Å². The maximum Gasteiger partial charge on any atom is 0.230 e. The van der Waals surface area contributed by atoms with E-state index in [0.717, 1.165) is 0 Å². The fourth-order valence-corrected chi connectivity index (χ4v) is 1.66. The van der Waals surface area contributed by atoms with Gasteiger partial charge in [0.25, 0.3) is 0 Å². The van der Waals surface area contributed by atoms with Crippen LogP contribution in [0.4, 0.5) is 0 Å². The Hall–Kier alpha value is -2.03. The molecule has 1 aliphatic rings. The predicted octanol–water partition coefficient (Wildman–Crippen LogP) is 0.436. The zero-order valence-electron chi connectivity index (χ0n) is 9.99. The number of aliphatic hydroxyl groups excluding tert-OH is 2. The van der Waals surface area contributed by atoms with Crippen LogP contribution in [-0.4, -0.2) is 53.3 Å². The highest BCUT2D eigenvalue weighted by Gasteiger charge is 2.45. The average molecular weight is 271 g/mol. The molecule has 5 unspecified atom stereocenters. The second kappa shape index (κ2) is 6.78. The maximum atomic E-state index is 9.84. The minimum Gasteiger partial charge on any atom is -0.450 e. The van der Waals surface area contributed by atoms with Gasteiger partial charge in [-0.3, -0.25) is 5.41 Å². The van der Waals surface area contributed by atoms with Crippen LogP contribution in [-0.2, 0) is 9.47 Å². The van der Waals surface area contributed by atoms with Crippen molar-refractivity contribution in [2.75, 3.05) is 6.54 Å². The molecule has 0 saturated carbocycles. The van der Waals surface area contributed by atoms with Gasteiger partial charge in [-0.2, -0.15) is 0 Å². The summed E-state index contributed by atoms with van der Waals surface area (Å²) >= 11 is 0. The molecule has 0 aromatic heterocycles. The van der Waals surface area contributed by atoms with Gasteiger partial charge in [-0.25, -0.2) is 0 Å². The van der Waals surface area contributed by atoms with Crippen LogP contribution in [0, 0.1) is 5.41 Å². The number of aliphatic hydroxyl groups is 2. The minimum absolute atomic E-state index is 0.207. The summed E-state index contributed by atoms with van der Waals surface area (Å²) in [6.45, 7) is 1.12. The molecule has 1 fully saturated rings. The third-order valence-corrected chi connectivity index (χ3v) is 2.47. The molecule has 19 heavy (non-hydrogen) atoms. The van der Waals surface area contributed by atoms with Gasteiger partial charge < -0.3 is 19.7 Å². The summed E-state index contributed by atoms with van der Waals surface area (Å²) in [7, 11) is 0. The molecular weight excluding hydrogens is 258 g/mol. The molecule has 0 amide bonds. The molecule has 1 saturated heterocycles. The fraction of sp³-hybridized carbons (Fsp3) is 0.875. The monoisotopic (exact) mass is 271 g/mol. The van der Waals surface area contributed by atoms with Crippen LogP contribution in [0.15, 0.2) is 10.2 Å². The van der Waals surface area contributed by atoms with Crippen molar-refractivity contribution in [1.29, 1.82) is 5.41 Å². The first-order valence-electron chi connectivity index (χ1n) is 5.29. The molecule has 11 heteroatoms. The summed E-state index contributed by atoms with van der Waals surface area (Å²) in [5.41, 5.74) is 16.7. The number of ether oxygens (including phenoxy) is 2. The number of hydrogen-bond donors (Lipinski definition) is 3. The molecule has 1 aliphatic heterocycles. The van der Waals surface area contributed by atoms with E-state index in [1.54, 1.807) is 0 Å². The molecule has 0 aromatic carbocycles. The van der Waals surface area contributed by atoms with Gasteiger partial charge in [-0.15, -0.1) is 0 Å². The lowest BCUT2D eigenvalue weighted by Crippen LogP contribution is -2.58. The van der Waals surface area contributed by atoms with Crippen molar-refractivity contribution < 1.29 is 19.7 Å². The first-order chi connectivity index (χ1) is 9.01. The standard InChI is InChI=1S/C8H13N7O4/c1-3(9)18-8-7(17)6(16)5(13-15-11)4(19-8)2-12-14-10/h4-9,16-17H,2H2,1H3. The lowest BCUT2D eigenvalue weighted by molar-refractivity contribution is -0.244. The van der Waals surface area contributed by atoms with Gasteiger partial charge >= 0.3 is 0 Å². The van der Waals surface area contributed by atoms with Gasteiger partial charge in [0.05, 0.1) is 24.8 Å². The van der Waals surface area contributed by atoms with E-state index in [1.807, 2.05) is 0 Å². The van der Waals surface area contributed by atoms with Crippen molar-refractivity contribution >= 4 is 5.90 Å². The van der Waals surface area contributed by atoms with E-state index in [9.17, 15) is 10.2 Å². The van der Waals surface area contributed by atoms with E-state index in [0.29, 0.717) is 0 Å². The molecule has 0 bridgehead atoms. The number of nitrogens with one attached hydrogen (secondary N) is 1. The first kappa shape index (κ1) is 15.0. The van der Waals surface area contributed by atoms with Crippen molar-refractivity contribution in [2.24, 2.45) is 10.2 Å². The molecule has 5 atom stereocenters. The molecule has 0 aromatic rings. The van der Waals surface area contributed by atoms with Gasteiger partial charge in [-0.1, -0.05) is 10.2 Å². The minimum atomic E-state index is -1.49. The van der Waals surface area contributed by atoms with E-state index in [4.69, 9.17) is 25.9 Å². The Morgan fingerprint density at radius 2 is 2.05 bits per heavy atom. The normalized spacial score (nSPS) is 33.7. The third-order valence-electron chi connectivity index (χ3n) is 2.47. The van der Waals surface area contributed by atoms with Crippen molar-refractivity contribution in [3.05, 3.63) is 20.9 Å². The Balaban J connectivity index is 2.92. The Bertz CT molecular complexity index is 429. The van der Waals surface area contributed by atoms with Gasteiger partial charge in [0.2, 0.25) is 6.29 Å². The van der Waals surface area contributed by atoms with Crippen LogP contribution in [0.1, 0.15) is 6.92 Å². The summed E-state index contributed by atoms with van der Waals surface area (Å²) in [6, 6.07) is -1.11. The highest BCUT2D eigenvalue weighted by Crippen LogP contribution is 2.25. The topological polar surface area (TPSA) is 180 Å². The molecule has 3 N–H and O–H groups in total. The first-order valence-corrected chi connectivity index (χ1v) is 5.29. The lowest BCUT2D eigenvalue weighted by Gasteiger charge is -2.40. The largest absolute Gasteiger partial charge is 0.450 e. The predicted molar refractivity (Wildman–Crippen MR) is 62.1 cm³/mol. The van der Waals surface area contributed by atoms with Crippen LogP contribution in [0.3, 0.4) is 0 Å². The molecule has 0 radical (unpaired) electrons. The molecule has 0 spiro atoms. The highest BCUT2D eigenvalue weighted by atomic mass is 16.7. The van der Waals surface area contributed by atoms with E-state index in [-0.39, 0.29) is 12.4 Å². The number of hydrogen-bond acceptors (Lipinski definition) is 7. The number of rotatable bonds is 4. The van der Waals surface area contributed by atoms with E-state index in [2.05, 4.69) is 20.1 Å². The molecular formula is C8H13N7O4. The van der Waals surface area contributed by atoms with Gasteiger partial charge in [0.15, 0.2) is 5.90 Å². The fourth-order valence-electron chi connectivity index (χ4n) is 1.66. The second-order valence-electron chi connectivity index (χ2n) is 3.81. The summed E-state index contributed by atoms with van der Waals surface area (Å²) in [5.74, 6) is -0.221. The Labute approximate surface area is 107 Å². The third kappa shape index (κ3) is 3.71. The van der Waals surface area contributed by atoms with Gasteiger partial charge in [0.1, 0.15) is 6.10 Å². The van der Waals surface area contributed by atoms with Crippen LogP contribution in [0.25, 0.3) is 20.9 Å².